The molecule has 2 rings (SSSR count). The third-order valence-corrected chi connectivity index (χ3v) is 3.07. The van der Waals surface area contributed by atoms with E-state index >= 15 is 0 Å². The number of benzene rings is 1. The number of aryl methyl sites for hydroxylation is 1. The van der Waals surface area contributed by atoms with Crippen molar-refractivity contribution in [1.29, 1.82) is 0 Å². The fourth-order valence-electron chi connectivity index (χ4n) is 2.22. The zero-order chi connectivity index (χ0) is 11.7. The van der Waals surface area contributed by atoms with Gasteiger partial charge in [0.05, 0.1) is 7.11 Å². The van der Waals surface area contributed by atoms with Crippen LogP contribution < -0.4 is 4.74 Å². The molecule has 0 spiro atoms. The van der Waals surface area contributed by atoms with Crippen molar-refractivity contribution in [1.82, 2.24) is 0 Å². The van der Waals surface area contributed by atoms with E-state index in [-0.39, 0.29) is 0 Å². The summed E-state index contributed by atoms with van der Waals surface area (Å²) in [6.45, 7) is 0. The van der Waals surface area contributed by atoms with Crippen molar-refractivity contribution in [3.63, 3.8) is 0 Å². The molecule has 1 aliphatic rings. The summed E-state index contributed by atoms with van der Waals surface area (Å²) in [5.41, 5.74) is 1.80. The molecule has 2 atom stereocenters. The number of hydrogen-bond acceptors (Lipinski definition) is 2. The molecule has 4 heteroatoms. The number of carboxylic acid groups (broad SMARTS) is 1. The molecule has 0 bridgehead atoms. The summed E-state index contributed by atoms with van der Waals surface area (Å²) < 4.78 is 18.6. The standard InChI is InChI=1S/C12H13FO3/c1-16-8-4-2-7-3-5-9(10(7)6-8)11(13)12(14)15/h2,4,6,9,11H,3,5H2,1H3,(H,14,15). The van der Waals surface area contributed by atoms with E-state index in [4.69, 9.17) is 9.84 Å². The Morgan fingerprint density at radius 2 is 2.38 bits per heavy atom. The smallest absolute Gasteiger partial charge is 0.338 e. The minimum absolute atomic E-state index is 0.539. The number of fused-ring (bicyclic) bond motifs is 1. The van der Waals surface area contributed by atoms with Gasteiger partial charge in [0.15, 0.2) is 0 Å². The minimum Gasteiger partial charge on any atom is -0.497 e. The Balaban J connectivity index is 2.34. The number of rotatable bonds is 3. The molecule has 0 saturated heterocycles. The fraction of sp³-hybridized carbons (Fsp3) is 0.417. The van der Waals surface area contributed by atoms with Gasteiger partial charge in [-0.2, -0.15) is 0 Å². The monoisotopic (exact) mass is 224 g/mol. The van der Waals surface area contributed by atoms with Gasteiger partial charge in [0.2, 0.25) is 6.17 Å². The second-order valence-electron chi connectivity index (χ2n) is 3.95. The van der Waals surface area contributed by atoms with Crippen LogP contribution in [-0.4, -0.2) is 24.4 Å². The molecule has 0 radical (unpaired) electrons. The molecule has 1 aliphatic carbocycles. The Bertz CT molecular complexity index is 417. The first-order valence-electron chi connectivity index (χ1n) is 5.17. The molecule has 86 valence electrons. The molecule has 1 N–H and O–H groups in total. The Morgan fingerprint density at radius 1 is 1.62 bits per heavy atom. The largest absolute Gasteiger partial charge is 0.497 e. The van der Waals surface area contributed by atoms with E-state index in [1.165, 1.54) is 7.11 Å². The Labute approximate surface area is 92.9 Å². The average Bonchev–Trinajstić information content (AvgIpc) is 2.70. The highest BCUT2D eigenvalue weighted by Crippen LogP contribution is 2.38. The molecule has 0 heterocycles. The third-order valence-electron chi connectivity index (χ3n) is 3.07. The maximum Gasteiger partial charge on any atom is 0.338 e. The minimum atomic E-state index is -1.83. The van der Waals surface area contributed by atoms with Crippen LogP contribution in [0.3, 0.4) is 0 Å². The second kappa shape index (κ2) is 4.12. The fourth-order valence-corrected chi connectivity index (χ4v) is 2.22. The van der Waals surface area contributed by atoms with E-state index in [9.17, 15) is 9.18 Å². The summed E-state index contributed by atoms with van der Waals surface area (Å²) in [4.78, 5) is 10.6. The zero-order valence-corrected chi connectivity index (χ0v) is 8.94. The number of halogens is 1. The van der Waals surface area contributed by atoms with Crippen molar-refractivity contribution < 1.29 is 19.0 Å². The average molecular weight is 224 g/mol. The molecule has 0 aliphatic heterocycles. The van der Waals surface area contributed by atoms with Crippen molar-refractivity contribution in [2.75, 3.05) is 7.11 Å². The summed E-state index contributed by atoms with van der Waals surface area (Å²) in [5, 5.41) is 8.69. The van der Waals surface area contributed by atoms with E-state index < -0.39 is 18.1 Å². The molecule has 0 aromatic heterocycles. The SMILES string of the molecule is COc1ccc2c(c1)C(C(F)C(=O)O)CC2. The number of carbonyl (C=O) groups is 1. The van der Waals surface area contributed by atoms with Crippen molar-refractivity contribution in [2.45, 2.75) is 24.9 Å². The topological polar surface area (TPSA) is 46.5 Å². The molecule has 0 saturated carbocycles. The number of aliphatic carboxylic acids is 1. The van der Waals surface area contributed by atoms with Gasteiger partial charge in [0.25, 0.3) is 0 Å². The molecule has 2 unspecified atom stereocenters. The first kappa shape index (κ1) is 10.9. The molecule has 0 fully saturated rings. The highest BCUT2D eigenvalue weighted by Gasteiger charge is 2.34. The normalized spacial score (nSPS) is 20.2. The summed E-state index contributed by atoms with van der Waals surface area (Å²) in [6, 6.07) is 5.43. The summed E-state index contributed by atoms with van der Waals surface area (Å²) in [5.74, 6) is -1.29. The lowest BCUT2D eigenvalue weighted by molar-refractivity contribution is -0.143. The van der Waals surface area contributed by atoms with Crippen LogP contribution in [0.15, 0.2) is 18.2 Å². The molecular weight excluding hydrogens is 211 g/mol. The molecule has 3 nitrogen and oxygen atoms in total. The third kappa shape index (κ3) is 1.75. The number of carboxylic acids is 1. The second-order valence-corrected chi connectivity index (χ2v) is 3.95. The number of hydrogen-bond donors (Lipinski definition) is 1. The summed E-state index contributed by atoms with van der Waals surface area (Å²) in [7, 11) is 1.54. The maximum absolute atomic E-state index is 13.5. The predicted octanol–water partition coefficient (Wildman–Crippen LogP) is 2.15. The summed E-state index contributed by atoms with van der Waals surface area (Å²) >= 11 is 0. The van der Waals surface area contributed by atoms with Crippen molar-refractivity contribution in [2.24, 2.45) is 0 Å². The van der Waals surface area contributed by atoms with Crippen molar-refractivity contribution in [3.05, 3.63) is 29.3 Å². The van der Waals surface area contributed by atoms with Gasteiger partial charge in [0, 0.05) is 5.92 Å². The molecule has 16 heavy (non-hydrogen) atoms. The number of alkyl halides is 1. The van der Waals surface area contributed by atoms with Crippen LogP contribution in [0, 0.1) is 0 Å². The highest BCUT2D eigenvalue weighted by molar-refractivity contribution is 5.74. The quantitative estimate of drug-likeness (QED) is 0.855. The molecule has 1 aromatic carbocycles. The predicted molar refractivity (Wildman–Crippen MR) is 56.6 cm³/mol. The van der Waals surface area contributed by atoms with E-state index in [2.05, 4.69) is 0 Å². The van der Waals surface area contributed by atoms with Gasteiger partial charge in [-0.05, 0) is 36.1 Å². The molecule has 1 aromatic rings. The van der Waals surface area contributed by atoms with Gasteiger partial charge in [-0.3, -0.25) is 0 Å². The van der Waals surface area contributed by atoms with Crippen LogP contribution in [0.1, 0.15) is 23.5 Å². The number of methoxy groups -OCH3 is 1. The van der Waals surface area contributed by atoms with Crippen molar-refractivity contribution in [3.8, 4) is 5.75 Å². The van der Waals surface area contributed by atoms with Crippen LogP contribution in [-0.2, 0) is 11.2 Å². The van der Waals surface area contributed by atoms with Gasteiger partial charge >= 0.3 is 5.97 Å². The van der Waals surface area contributed by atoms with Crippen LogP contribution in [0.2, 0.25) is 0 Å². The van der Waals surface area contributed by atoms with Crippen LogP contribution in [0.4, 0.5) is 4.39 Å². The first-order chi connectivity index (χ1) is 7.63. The van der Waals surface area contributed by atoms with Gasteiger partial charge in [-0.1, -0.05) is 6.07 Å². The van der Waals surface area contributed by atoms with Gasteiger partial charge in [-0.15, -0.1) is 0 Å². The van der Waals surface area contributed by atoms with Gasteiger partial charge in [-0.25, -0.2) is 9.18 Å². The molecular formula is C12H13FO3. The van der Waals surface area contributed by atoms with Crippen LogP contribution in [0.25, 0.3) is 0 Å². The lowest BCUT2D eigenvalue weighted by Crippen LogP contribution is -2.21. The van der Waals surface area contributed by atoms with E-state index in [1.807, 2.05) is 12.1 Å². The molecule has 0 amide bonds. The first-order valence-corrected chi connectivity index (χ1v) is 5.17. The lowest BCUT2D eigenvalue weighted by Gasteiger charge is -2.13. The Morgan fingerprint density at radius 3 is 3.00 bits per heavy atom. The van der Waals surface area contributed by atoms with Crippen molar-refractivity contribution >= 4 is 5.97 Å². The van der Waals surface area contributed by atoms with Gasteiger partial charge in [0.1, 0.15) is 5.75 Å². The zero-order valence-electron chi connectivity index (χ0n) is 8.94. The lowest BCUT2D eigenvalue weighted by atomic mass is 9.96. The Hall–Kier alpha value is -1.58. The van der Waals surface area contributed by atoms with Crippen LogP contribution >= 0.6 is 0 Å². The van der Waals surface area contributed by atoms with Crippen LogP contribution in [0.5, 0.6) is 5.75 Å². The number of ether oxygens (including phenoxy) is 1. The van der Waals surface area contributed by atoms with E-state index in [0.29, 0.717) is 12.2 Å². The highest BCUT2D eigenvalue weighted by atomic mass is 19.1. The Kier molecular flexibility index (Phi) is 2.81. The van der Waals surface area contributed by atoms with E-state index in [1.54, 1.807) is 6.07 Å². The van der Waals surface area contributed by atoms with Gasteiger partial charge < -0.3 is 9.84 Å². The summed E-state index contributed by atoms with van der Waals surface area (Å²) in [6.07, 6.45) is -0.540. The maximum atomic E-state index is 13.5. The van der Waals surface area contributed by atoms with E-state index in [0.717, 1.165) is 17.5 Å².